The fraction of sp³-hybridized carbons (Fsp3) is 0.417. The maximum Gasteiger partial charge on any atom is 0.337 e. The summed E-state index contributed by atoms with van der Waals surface area (Å²) in [6, 6.07) is 5.63. The molecule has 104 valence electrons. The van der Waals surface area contributed by atoms with Gasteiger partial charge in [-0.3, -0.25) is 0 Å². The van der Waals surface area contributed by atoms with Crippen LogP contribution in [0, 0.1) is 0 Å². The second-order valence-electron chi connectivity index (χ2n) is 4.57. The van der Waals surface area contributed by atoms with Crippen molar-refractivity contribution < 1.29 is 26.7 Å². The quantitative estimate of drug-likeness (QED) is 0.680. The minimum absolute atomic E-state index is 0.145. The van der Waals surface area contributed by atoms with Crippen LogP contribution < -0.4 is 0 Å². The van der Waals surface area contributed by atoms with E-state index in [0.29, 0.717) is 0 Å². The van der Waals surface area contributed by atoms with Crippen LogP contribution in [0.4, 0.5) is 8.78 Å². The molecule has 1 aliphatic rings. The Balaban J connectivity index is 2.43. The lowest BCUT2D eigenvalue weighted by molar-refractivity contribution is -0.0995. The number of hydrogen-bond acceptors (Lipinski definition) is 4. The fourth-order valence-corrected chi connectivity index (χ4v) is 3.37. The average Bonchev–Trinajstić information content (AvgIpc) is 2.34. The summed E-state index contributed by atoms with van der Waals surface area (Å²) in [5, 5.41) is 0. The molecule has 0 spiro atoms. The molecule has 0 saturated heterocycles. The van der Waals surface area contributed by atoms with Crippen molar-refractivity contribution in [2.24, 2.45) is 0 Å². The Morgan fingerprint density at radius 3 is 2.42 bits per heavy atom. The lowest BCUT2D eigenvalue weighted by atomic mass is 9.75. The van der Waals surface area contributed by atoms with Gasteiger partial charge in [0.25, 0.3) is 5.92 Å². The summed E-state index contributed by atoms with van der Waals surface area (Å²) in [5.41, 5.74) is 0.351. The summed E-state index contributed by atoms with van der Waals surface area (Å²) in [4.78, 5) is 11.4. The molecule has 0 N–H and O–H groups in total. The van der Waals surface area contributed by atoms with Gasteiger partial charge in [0.1, 0.15) is 15.5 Å². The minimum Gasteiger partial charge on any atom is -0.465 e. The maximum atomic E-state index is 13.0. The summed E-state index contributed by atoms with van der Waals surface area (Å²) in [6.07, 6.45) is -1.49. The Morgan fingerprint density at radius 1 is 1.32 bits per heavy atom. The first kappa shape index (κ1) is 13.9. The van der Waals surface area contributed by atoms with Gasteiger partial charge in [-0.2, -0.15) is 0 Å². The number of carbonyl (C=O) groups excluding carboxylic acids is 1. The maximum absolute atomic E-state index is 13.0. The van der Waals surface area contributed by atoms with E-state index in [1.165, 1.54) is 31.4 Å². The van der Waals surface area contributed by atoms with E-state index in [1.54, 1.807) is 0 Å². The summed E-state index contributed by atoms with van der Waals surface area (Å²) in [5.74, 6) is -3.61. The molecule has 0 bridgehead atoms. The molecule has 0 amide bonds. The first-order chi connectivity index (χ1) is 8.81. The van der Waals surface area contributed by atoms with Crippen LogP contribution in [0.5, 0.6) is 0 Å². The Hall–Kier alpha value is -1.50. The molecule has 1 aliphatic carbocycles. The van der Waals surface area contributed by atoms with Crippen LogP contribution in [0.25, 0.3) is 0 Å². The molecule has 4 nitrogen and oxygen atoms in total. The highest BCUT2D eigenvalue weighted by Gasteiger charge is 2.60. The van der Waals surface area contributed by atoms with Gasteiger partial charge in [-0.15, -0.1) is 0 Å². The molecule has 0 unspecified atom stereocenters. The van der Waals surface area contributed by atoms with Crippen molar-refractivity contribution in [2.45, 2.75) is 23.5 Å². The van der Waals surface area contributed by atoms with Crippen LogP contribution in [-0.4, -0.2) is 27.4 Å². The first-order valence-corrected chi connectivity index (χ1v) is 6.70. The molecule has 0 aromatic heterocycles. The average molecular weight is 290 g/mol. The summed E-state index contributed by atoms with van der Waals surface area (Å²) >= 11 is 0. The van der Waals surface area contributed by atoms with E-state index in [4.69, 9.17) is 0 Å². The summed E-state index contributed by atoms with van der Waals surface area (Å²) < 4.78 is 51.7. The van der Waals surface area contributed by atoms with Crippen molar-refractivity contribution in [3.8, 4) is 0 Å². The molecule has 1 aromatic carbocycles. The van der Waals surface area contributed by atoms with Crippen molar-refractivity contribution in [1.82, 2.24) is 0 Å². The van der Waals surface area contributed by atoms with E-state index in [9.17, 15) is 22.0 Å². The van der Waals surface area contributed by atoms with Gasteiger partial charge in [-0.25, -0.2) is 22.0 Å². The number of ether oxygens (including phenoxy) is 1. The normalized spacial score (nSPS) is 19.8. The third-order valence-electron chi connectivity index (χ3n) is 3.27. The molecule has 7 heteroatoms. The van der Waals surface area contributed by atoms with Gasteiger partial charge in [0.2, 0.25) is 0 Å². The zero-order valence-corrected chi connectivity index (χ0v) is 11.0. The SMILES string of the molecule is COC(=O)c1cccc(C2([SH](=O)=O)CC(F)(F)C2)c1. The van der Waals surface area contributed by atoms with Crippen LogP contribution in [0.2, 0.25) is 0 Å². The largest absolute Gasteiger partial charge is 0.465 e. The van der Waals surface area contributed by atoms with Gasteiger partial charge in [-0.05, 0) is 17.7 Å². The van der Waals surface area contributed by atoms with Gasteiger partial charge in [-0.1, -0.05) is 12.1 Å². The van der Waals surface area contributed by atoms with E-state index in [0.717, 1.165) is 0 Å². The smallest absolute Gasteiger partial charge is 0.337 e. The van der Waals surface area contributed by atoms with Gasteiger partial charge in [0.05, 0.1) is 12.7 Å². The molecule has 0 aliphatic heterocycles. The van der Waals surface area contributed by atoms with Gasteiger partial charge >= 0.3 is 5.97 Å². The second-order valence-corrected chi connectivity index (χ2v) is 5.94. The summed E-state index contributed by atoms with van der Waals surface area (Å²) in [6.45, 7) is 0. The molecular formula is C12H12F2O4S. The molecule has 1 aromatic rings. The Bertz CT molecular complexity index is 579. The molecule has 1 fully saturated rings. The zero-order valence-electron chi connectivity index (χ0n) is 10.1. The van der Waals surface area contributed by atoms with Gasteiger partial charge in [0.15, 0.2) is 0 Å². The van der Waals surface area contributed by atoms with Crippen molar-refractivity contribution in [2.75, 3.05) is 7.11 Å². The van der Waals surface area contributed by atoms with E-state index in [2.05, 4.69) is 4.74 Å². The molecule has 0 heterocycles. The second kappa shape index (κ2) is 4.56. The zero-order chi connectivity index (χ0) is 14.3. The van der Waals surface area contributed by atoms with Crippen LogP contribution in [0.1, 0.15) is 28.8 Å². The first-order valence-electron chi connectivity index (χ1n) is 5.52. The van der Waals surface area contributed by atoms with Crippen LogP contribution >= 0.6 is 0 Å². The van der Waals surface area contributed by atoms with Crippen molar-refractivity contribution >= 4 is 16.7 Å². The molecular weight excluding hydrogens is 278 g/mol. The third-order valence-corrected chi connectivity index (χ3v) is 4.55. The number of thiol groups is 1. The van der Waals surface area contributed by atoms with Gasteiger partial charge < -0.3 is 4.74 Å². The van der Waals surface area contributed by atoms with E-state index >= 15 is 0 Å². The standard InChI is InChI=1S/C12H12F2O4S/c1-18-10(15)8-3-2-4-9(5-8)11(19(16)17)6-12(13,14)7-11/h2-5,19H,6-7H2,1H3. The number of rotatable bonds is 3. The lowest BCUT2D eigenvalue weighted by Crippen LogP contribution is -2.50. The van der Waals surface area contributed by atoms with Crippen molar-refractivity contribution in [3.05, 3.63) is 35.4 Å². The number of carbonyl (C=O) groups is 1. The van der Waals surface area contributed by atoms with Crippen LogP contribution in [0.15, 0.2) is 24.3 Å². The predicted octanol–water partition coefficient (Wildman–Crippen LogP) is 1.71. The summed E-state index contributed by atoms with van der Waals surface area (Å²) in [7, 11) is -1.87. The van der Waals surface area contributed by atoms with Crippen LogP contribution in [0.3, 0.4) is 0 Å². The van der Waals surface area contributed by atoms with Crippen LogP contribution in [-0.2, 0) is 20.2 Å². The third kappa shape index (κ3) is 2.34. The number of halogens is 2. The number of esters is 1. The van der Waals surface area contributed by atoms with Crippen molar-refractivity contribution in [1.29, 1.82) is 0 Å². The molecule has 0 atom stereocenters. The van der Waals surface area contributed by atoms with E-state index < -0.39 is 40.2 Å². The highest BCUT2D eigenvalue weighted by atomic mass is 32.2. The highest BCUT2D eigenvalue weighted by molar-refractivity contribution is 7.73. The molecule has 19 heavy (non-hydrogen) atoms. The van der Waals surface area contributed by atoms with Crippen molar-refractivity contribution in [3.63, 3.8) is 0 Å². The minimum atomic E-state index is -3.06. The lowest BCUT2D eigenvalue weighted by Gasteiger charge is -2.43. The predicted molar refractivity (Wildman–Crippen MR) is 64.0 cm³/mol. The number of benzene rings is 1. The Kier molecular flexibility index (Phi) is 3.34. The van der Waals surface area contributed by atoms with Gasteiger partial charge in [0, 0.05) is 12.8 Å². The fourth-order valence-electron chi connectivity index (χ4n) is 2.30. The number of alkyl halides is 2. The molecule has 0 radical (unpaired) electrons. The number of hydrogen-bond donors (Lipinski definition) is 1. The highest BCUT2D eigenvalue weighted by Crippen LogP contribution is 2.54. The molecule has 1 saturated carbocycles. The van der Waals surface area contributed by atoms with E-state index in [1.807, 2.05) is 0 Å². The monoisotopic (exact) mass is 290 g/mol. The van der Waals surface area contributed by atoms with E-state index in [-0.39, 0.29) is 11.1 Å². The topological polar surface area (TPSA) is 60.4 Å². The Morgan fingerprint density at radius 2 is 1.95 bits per heavy atom. The Labute approximate surface area is 110 Å². The molecule has 2 rings (SSSR count). The number of methoxy groups -OCH3 is 1.